The van der Waals surface area contributed by atoms with Crippen LogP contribution in [0.1, 0.15) is 16.2 Å². The molecule has 0 unspecified atom stereocenters. The van der Waals surface area contributed by atoms with Gasteiger partial charge in [-0.15, -0.1) is 0 Å². The lowest BCUT2D eigenvalue weighted by atomic mass is 10.2. The Balaban J connectivity index is 2.52. The highest BCUT2D eigenvalue weighted by atomic mass is 19.4. The van der Waals surface area contributed by atoms with Crippen molar-refractivity contribution >= 4 is 22.5 Å². The van der Waals surface area contributed by atoms with Crippen molar-refractivity contribution in [3.8, 4) is 0 Å². The topological polar surface area (TPSA) is 90.6 Å². The number of rotatable bonds is 1. The van der Waals surface area contributed by atoms with Gasteiger partial charge in [0.2, 0.25) is 5.82 Å². The Morgan fingerprint density at radius 2 is 2.00 bits per heavy atom. The highest BCUT2D eigenvalue weighted by Gasteiger charge is 2.31. The van der Waals surface area contributed by atoms with E-state index in [1.54, 1.807) is 0 Å². The van der Waals surface area contributed by atoms with Crippen molar-refractivity contribution < 1.29 is 22.4 Å². The number of carbonyl (C=O) groups is 1. The van der Waals surface area contributed by atoms with E-state index < -0.39 is 23.3 Å². The number of amides is 1. The van der Waals surface area contributed by atoms with Gasteiger partial charge in [-0.2, -0.15) is 13.2 Å². The van der Waals surface area contributed by atoms with Gasteiger partial charge in [-0.1, -0.05) is 0 Å². The molecule has 0 saturated heterocycles. The van der Waals surface area contributed by atoms with Gasteiger partial charge in [0.1, 0.15) is 0 Å². The number of alkyl halides is 3. The van der Waals surface area contributed by atoms with E-state index in [4.69, 9.17) is 10.2 Å². The minimum Gasteiger partial charge on any atom is -0.420 e. The molecule has 2 aromatic heterocycles. The van der Waals surface area contributed by atoms with Gasteiger partial charge in [0.05, 0.1) is 17.3 Å². The summed E-state index contributed by atoms with van der Waals surface area (Å²) in [6.07, 6.45) is -3.56. The standard InChI is InChI=1S/C12H6F3N3O3/c13-12(14,15)5-1-2-8-6(3-5)18-7(11(20)21-8)4-17-10(18)9(16)19/h1-4H,(H2,16,19). The van der Waals surface area contributed by atoms with E-state index in [1.165, 1.54) is 0 Å². The van der Waals surface area contributed by atoms with Gasteiger partial charge in [0.25, 0.3) is 5.91 Å². The molecule has 9 heteroatoms. The van der Waals surface area contributed by atoms with Crippen molar-refractivity contribution in [1.82, 2.24) is 9.38 Å². The van der Waals surface area contributed by atoms with Crippen LogP contribution in [-0.2, 0) is 6.18 Å². The molecule has 0 saturated carbocycles. The summed E-state index contributed by atoms with van der Waals surface area (Å²) in [5, 5.41) is 0. The van der Waals surface area contributed by atoms with Crippen molar-refractivity contribution in [2.24, 2.45) is 5.73 Å². The van der Waals surface area contributed by atoms with Crippen molar-refractivity contribution in [1.29, 1.82) is 0 Å². The maximum absolute atomic E-state index is 12.8. The van der Waals surface area contributed by atoms with E-state index in [0.717, 1.165) is 28.8 Å². The van der Waals surface area contributed by atoms with Gasteiger partial charge in [-0.3, -0.25) is 9.20 Å². The molecule has 3 aromatic rings. The molecule has 3 rings (SSSR count). The van der Waals surface area contributed by atoms with E-state index in [1.807, 2.05) is 0 Å². The van der Waals surface area contributed by atoms with Gasteiger partial charge in [-0.25, -0.2) is 9.78 Å². The molecule has 2 N–H and O–H groups in total. The second kappa shape index (κ2) is 4.08. The summed E-state index contributed by atoms with van der Waals surface area (Å²) in [7, 11) is 0. The van der Waals surface area contributed by atoms with Gasteiger partial charge in [0.15, 0.2) is 11.1 Å². The Morgan fingerprint density at radius 3 is 2.62 bits per heavy atom. The van der Waals surface area contributed by atoms with Crippen molar-refractivity contribution in [3.05, 3.63) is 46.2 Å². The molecular weight excluding hydrogens is 291 g/mol. The van der Waals surface area contributed by atoms with Gasteiger partial charge >= 0.3 is 11.8 Å². The van der Waals surface area contributed by atoms with E-state index >= 15 is 0 Å². The molecule has 0 radical (unpaired) electrons. The molecule has 0 aliphatic rings. The number of aromatic nitrogens is 2. The average Bonchev–Trinajstić information content (AvgIpc) is 2.83. The fourth-order valence-corrected chi connectivity index (χ4v) is 2.02. The first-order chi connectivity index (χ1) is 9.79. The number of nitrogens with zero attached hydrogens (tertiary/aromatic N) is 2. The van der Waals surface area contributed by atoms with E-state index in [0.29, 0.717) is 0 Å². The summed E-state index contributed by atoms with van der Waals surface area (Å²) in [5.74, 6) is -1.32. The molecular formula is C12H6F3N3O3. The molecule has 0 spiro atoms. The van der Waals surface area contributed by atoms with Crippen LogP contribution in [0.25, 0.3) is 16.6 Å². The zero-order valence-corrected chi connectivity index (χ0v) is 10.1. The first kappa shape index (κ1) is 13.2. The molecule has 0 fully saturated rings. The fraction of sp³-hybridized carbons (Fsp3) is 0.0833. The normalized spacial score (nSPS) is 12.1. The summed E-state index contributed by atoms with van der Waals surface area (Å²) < 4.78 is 44.2. The Hall–Kier alpha value is -2.84. The van der Waals surface area contributed by atoms with E-state index in [2.05, 4.69) is 4.98 Å². The number of hydrogen-bond donors (Lipinski definition) is 1. The molecule has 2 heterocycles. The SMILES string of the molecule is NC(=O)c1ncc2c(=O)oc3ccc(C(F)(F)F)cc3n12. The number of carbonyl (C=O) groups excluding carboxylic acids is 1. The van der Waals surface area contributed by atoms with Crippen LogP contribution >= 0.6 is 0 Å². The van der Waals surface area contributed by atoms with Crippen LogP contribution in [0.4, 0.5) is 13.2 Å². The summed E-state index contributed by atoms with van der Waals surface area (Å²) in [5.41, 5.74) is 2.93. The summed E-state index contributed by atoms with van der Waals surface area (Å²) in [4.78, 5) is 26.7. The Morgan fingerprint density at radius 1 is 1.29 bits per heavy atom. The smallest absolute Gasteiger partial charge is 0.416 e. The largest absolute Gasteiger partial charge is 0.420 e. The molecule has 1 amide bonds. The number of hydrogen-bond acceptors (Lipinski definition) is 4. The molecule has 6 nitrogen and oxygen atoms in total. The highest BCUT2D eigenvalue weighted by molar-refractivity contribution is 5.92. The lowest BCUT2D eigenvalue weighted by Gasteiger charge is -2.08. The second-order valence-corrected chi connectivity index (χ2v) is 4.24. The molecule has 21 heavy (non-hydrogen) atoms. The fourth-order valence-electron chi connectivity index (χ4n) is 2.02. The van der Waals surface area contributed by atoms with Gasteiger partial charge in [-0.05, 0) is 18.2 Å². The Labute approximate surface area is 113 Å². The molecule has 108 valence electrons. The number of halogens is 3. The number of fused-ring (bicyclic) bond motifs is 3. The zero-order valence-electron chi connectivity index (χ0n) is 10.1. The van der Waals surface area contributed by atoms with Crippen LogP contribution in [0.2, 0.25) is 0 Å². The van der Waals surface area contributed by atoms with Crippen LogP contribution < -0.4 is 11.4 Å². The molecule has 1 aromatic carbocycles. The van der Waals surface area contributed by atoms with Crippen LogP contribution in [-0.4, -0.2) is 15.3 Å². The quantitative estimate of drug-likeness (QED) is 0.738. The summed E-state index contributed by atoms with van der Waals surface area (Å²) >= 11 is 0. The number of imidazole rings is 1. The van der Waals surface area contributed by atoms with Gasteiger partial charge < -0.3 is 10.2 Å². The van der Waals surface area contributed by atoms with Crippen LogP contribution in [0.3, 0.4) is 0 Å². The van der Waals surface area contributed by atoms with Crippen molar-refractivity contribution in [2.45, 2.75) is 6.18 Å². The third-order valence-electron chi connectivity index (χ3n) is 2.92. The average molecular weight is 297 g/mol. The van der Waals surface area contributed by atoms with Crippen molar-refractivity contribution in [2.75, 3.05) is 0 Å². The van der Waals surface area contributed by atoms with Crippen LogP contribution in [0, 0.1) is 0 Å². The van der Waals surface area contributed by atoms with Crippen LogP contribution in [0.5, 0.6) is 0 Å². The van der Waals surface area contributed by atoms with E-state index in [9.17, 15) is 22.8 Å². The number of benzene rings is 1. The monoisotopic (exact) mass is 297 g/mol. The first-order valence-electron chi connectivity index (χ1n) is 5.60. The zero-order chi connectivity index (χ0) is 15.4. The van der Waals surface area contributed by atoms with Gasteiger partial charge in [0, 0.05) is 0 Å². The summed E-state index contributed by atoms with van der Waals surface area (Å²) in [6.45, 7) is 0. The highest BCUT2D eigenvalue weighted by Crippen LogP contribution is 2.31. The number of nitrogens with two attached hydrogens (primary N) is 1. The van der Waals surface area contributed by atoms with Crippen LogP contribution in [0.15, 0.2) is 33.6 Å². The maximum Gasteiger partial charge on any atom is 0.416 e. The summed E-state index contributed by atoms with van der Waals surface area (Å²) in [6, 6.07) is 2.54. The predicted molar refractivity (Wildman–Crippen MR) is 64.8 cm³/mol. The molecule has 0 bridgehead atoms. The Kier molecular flexibility index (Phi) is 2.55. The molecule has 0 aliphatic carbocycles. The second-order valence-electron chi connectivity index (χ2n) is 4.24. The lowest BCUT2D eigenvalue weighted by molar-refractivity contribution is -0.137. The molecule has 0 aliphatic heterocycles. The minimum atomic E-state index is -4.58. The van der Waals surface area contributed by atoms with E-state index in [-0.39, 0.29) is 22.4 Å². The third kappa shape index (κ3) is 1.93. The third-order valence-corrected chi connectivity index (χ3v) is 2.92. The maximum atomic E-state index is 12.8. The van der Waals surface area contributed by atoms with Crippen molar-refractivity contribution in [3.63, 3.8) is 0 Å². The minimum absolute atomic E-state index is 0.110. The Bertz CT molecular complexity index is 940. The number of primary amides is 1. The lowest BCUT2D eigenvalue weighted by Crippen LogP contribution is -2.17. The first-order valence-corrected chi connectivity index (χ1v) is 5.60. The predicted octanol–water partition coefficient (Wildman–Crippen LogP) is 1.56. The molecule has 0 atom stereocenters.